The van der Waals surface area contributed by atoms with Gasteiger partial charge in [0, 0.05) is 0 Å². The molecule has 5 heteroatoms. The van der Waals surface area contributed by atoms with E-state index < -0.39 is 8.07 Å². The average Bonchev–Trinajstić information content (AvgIpc) is 3.34. The van der Waals surface area contributed by atoms with Gasteiger partial charge >= 0.3 is 21.7 Å². The molecule has 4 aromatic rings. The normalized spacial score (nSPS) is 13.6. The topological polar surface area (TPSA) is 0 Å². The molecule has 0 N–H and O–H groups in total. The molecule has 0 nitrogen and oxygen atoms in total. The van der Waals surface area contributed by atoms with Gasteiger partial charge in [-0.05, 0) is 50.0 Å². The molecule has 4 aromatic carbocycles. The van der Waals surface area contributed by atoms with Crippen LogP contribution >= 0.6 is 0 Å². The van der Waals surface area contributed by atoms with E-state index in [-0.39, 0.29) is 64.5 Å². The van der Waals surface area contributed by atoms with E-state index in [1.54, 1.807) is 0 Å². The zero-order valence-electron chi connectivity index (χ0n) is 24.8. The van der Waals surface area contributed by atoms with Crippen LogP contribution in [0.4, 0.5) is 0 Å². The van der Waals surface area contributed by atoms with Gasteiger partial charge in [0.05, 0.1) is 0 Å². The summed E-state index contributed by atoms with van der Waals surface area (Å²) in [4.78, 5) is 0. The smallest absolute Gasteiger partial charge is 1.00 e. The molecule has 0 aromatic heterocycles. The Morgan fingerprint density at radius 1 is 0.537 bits per heavy atom. The summed E-state index contributed by atoms with van der Waals surface area (Å²) < 4.78 is 0. The minimum atomic E-state index is -2.62. The van der Waals surface area contributed by atoms with Gasteiger partial charge in [-0.3, -0.25) is 6.08 Å². The Bertz CT molecular complexity index is 1320. The Hall–Kier alpha value is -1.58. The zero-order chi connectivity index (χ0) is 26.2. The first-order valence-electron chi connectivity index (χ1n) is 13.8. The fourth-order valence-corrected chi connectivity index (χ4v) is 11.3. The van der Waals surface area contributed by atoms with Crippen LogP contribution in [0.5, 0.6) is 0 Å². The summed E-state index contributed by atoms with van der Waals surface area (Å²) in [5, 5.41) is 4.43. The number of benzene rings is 4. The largest absolute Gasteiger partial charge is 4.00 e. The number of halogens is 3. The quantitative estimate of drug-likeness (QED) is 0.132. The van der Waals surface area contributed by atoms with Crippen LogP contribution in [0.1, 0.15) is 92.7 Å². The molecule has 1 unspecified atom stereocenters. The van der Waals surface area contributed by atoms with Crippen molar-refractivity contribution in [1.82, 2.24) is 0 Å². The maximum absolute atomic E-state index is 3.94. The van der Waals surface area contributed by atoms with Crippen molar-refractivity contribution in [2.75, 3.05) is 0 Å². The predicted octanol–water partition coefficient (Wildman–Crippen LogP) is -1.31. The third kappa shape index (κ3) is 7.15. The Morgan fingerprint density at radius 2 is 0.927 bits per heavy atom. The zero-order valence-corrected chi connectivity index (χ0v) is 29.6. The summed E-state index contributed by atoms with van der Waals surface area (Å²) in [5.74, 6) is 1.43. The molecule has 0 saturated carbocycles. The van der Waals surface area contributed by atoms with Crippen LogP contribution in [0, 0.1) is 6.08 Å². The van der Waals surface area contributed by atoms with Gasteiger partial charge < -0.3 is 37.2 Å². The van der Waals surface area contributed by atoms with E-state index in [0.29, 0.717) is 17.8 Å². The van der Waals surface area contributed by atoms with Gasteiger partial charge in [-0.2, -0.15) is 5.56 Å². The second-order valence-electron chi connectivity index (χ2n) is 11.5. The molecule has 212 valence electrons. The SMILES string of the molecule is CC(C)c1cccc([Si](c2cccc(C(C)C)c2)(c2cccc(C(C)C)c2)C2[C-]=Cc3ccccc32)c1.[Cl-].[Cl-].[Cl-].[Ti+4]. The maximum atomic E-state index is 3.94. The van der Waals surface area contributed by atoms with E-state index in [0.717, 1.165) is 0 Å². The van der Waals surface area contributed by atoms with E-state index in [4.69, 9.17) is 0 Å². The predicted molar refractivity (Wildman–Crippen MR) is 163 cm³/mol. The molecule has 0 bridgehead atoms. The van der Waals surface area contributed by atoms with Crippen LogP contribution < -0.4 is 52.8 Å². The first-order valence-corrected chi connectivity index (χ1v) is 15.9. The monoisotopic (exact) mass is 652 g/mol. The fraction of sp³-hybridized carbons (Fsp3) is 0.278. The first kappa shape index (κ1) is 37.4. The summed E-state index contributed by atoms with van der Waals surface area (Å²) in [6.07, 6.45) is 6.18. The standard InChI is InChI=1S/C36H39Si.3ClH.Ti/c1-25(2)29-13-9-16-32(22-29)37(33-17-10-14-30(23-33)26(3)4,34-18-11-15-31(24-34)27(5)6)36-21-20-28-12-7-8-19-35(28)36;;;;/h7-20,22-27,36H,1-6H3;3*1H;/q-1;;;;+4/p-3. The summed E-state index contributed by atoms with van der Waals surface area (Å²) in [7, 11) is -2.62. The second-order valence-corrected chi connectivity index (χ2v) is 15.4. The molecule has 0 heterocycles. The van der Waals surface area contributed by atoms with E-state index in [1.807, 2.05) is 0 Å². The van der Waals surface area contributed by atoms with E-state index in [1.165, 1.54) is 43.4 Å². The summed E-state index contributed by atoms with van der Waals surface area (Å²) in [6, 6.07) is 37.5. The molecule has 0 aliphatic heterocycles. The van der Waals surface area contributed by atoms with Gasteiger partial charge in [0.2, 0.25) is 0 Å². The fourth-order valence-electron chi connectivity index (χ4n) is 5.96. The van der Waals surface area contributed by atoms with Crippen LogP contribution in [0.15, 0.2) is 97.1 Å². The van der Waals surface area contributed by atoms with Crippen molar-refractivity contribution in [2.24, 2.45) is 0 Å². The molecule has 0 spiro atoms. The molecule has 1 atom stereocenters. The number of hydrogen-bond donors (Lipinski definition) is 0. The Kier molecular flexibility index (Phi) is 14.4. The van der Waals surface area contributed by atoms with E-state index in [2.05, 4.69) is 151 Å². The van der Waals surface area contributed by atoms with Gasteiger partial charge in [-0.1, -0.05) is 138 Å². The third-order valence-electron chi connectivity index (χ3n) is 8.17. The Balaban J connectivity index is 0.00000210. The summed E-state index contributed by atoms with van der Waals surface area (Å²) in [6.45, 7) is 13.8. The van der Waals surface area contributed by atoms with Crippen molar-refractivity contribution in [3.63, 3.8) is 0 Å². The van der Waals surface area contributed by atoms with Crippen LogP contribution in [0.2, 0.25) is 0 Å². The van der Waals surface area contributed by atoms with E-state index in [9.17, 15) is 0 Å². The first-order chi connectivity index (χ1) is 17.8. The van der Waals surface area contributed by atoms with E-state index >= 15 is 0 Å². The van der Waals surface area contributed by atoms with Crippen molar-refractivity contribution < 1.29 is 58.9 Å². The minimum absolute atomic E-state index is 0. The second kappa shape index (κ2) is 15.8. The van der Waals surface area contributed by atoms with Gasteiger partial charge in [0.1, 0.15) is 8.07 Å². The van der Waals surface area contributed by atoms with Crippen molar-refractivity contribution in [1.29, 1.82) is 0 Å². The number of fused-ring (bicyclic) bond motifs is 1. The Labute approximate surface area is 282 Å². The molecule has 5 rings (SSSR count). The van der Waals surface area contributed by atoms with Gasteiger partial charge in [0.25, 0.3) is 0 Å². The van der Waals surface area contributed by atoms with Crippen LogP contribution in [0.3, 0.4) is 0 Å². The number of rotatable bonds is 7. The number of allylic oxidation sites excluding steroid dienone is 1. The molecular weight excluding hydrogens is 615 g/mol. The van der Waals surface area contributed by atoms with Crippen molar-refractivity contribution in [2.45, 2.75) is 64.8 Å². The molecule has 0 radical (unpaired) electrons. The molecule has 1 aliphatic carbocycles. The average molecular weight is 654 g/mol. The summed E-state index contributed by atoms with van der Waals surface area (Å²) in [5.41, 5.74) is 7.15. The van der Waals surface area contributed by atoms with Crippen molar-refractivity contribution >= 4 is 29.7 Å². The number of hydrogen-bond acceptors (Lipinski definition) is 0. The van der Waals surface area contributed by atoms with Gasteiger partial charge in [-0.15, -0.1) is 11.6 Å². The molecule has 1 aliphatic rings. The minimum Gasteiger partial charge on any atom is -1.00 e. The van der Waals surface area contributed by atoms with Crippen molar-refractivity contribution in [3.8, 4) is 0 Å². The van der Waals surface area contributed by atoms with Crippen molar-refractivity contribution in [3.05, 3.63) is 131 Å². The molecular formula is C36H39Cl3SiTi. The molecule has 0 saturated heterocycles. The maximum Gasteiger partial charge on any atom is 4.00 e. The Morgan fingerprint density at radius 3 is 1.32 bits per heavy atom. The van der Waals surface area contributed by atoms with Gasteiger partial charge in [-0.25, -0.2) is 6.08 Å². The van der Waals surface area contributed by atoms with Gasteiger partial charge in [0.15, 0.2) is 0 Å². The third-order valence-corrected chi connectivity index (χ3v) is 13.2. The molecule has 0 fully saturated rings. The van der Waals surface area contributed by atoms with Crippen LogP contribution in [-0.4, -0.2) is 8.07 Å². The molecule has 41 heavy (non-hydrogen) atoms. The molecule has 0 amide bonds. The van der Waals surface area contributed by atoms with Crippen LogP contribution in [0.25, 0.3) is 6.08 Å². The summed E-state index contributed by atoms with van der Waals surface area (Å²) >= 11 is 0. The van der Waals surface area contributed by atoms with Crippen LogP contribution in [-0.2, 0) is 21.7 Å².